The van der Waals surface area contributed by atoms with Crippen molar-refractivity contribution >= 4 is 21.8 Å². The van der Waals surface area contributed by atoms with E-state index in [0.717, 1.165) is 17.4 Å². The van der Waals surface area contributed by atoms with Crippen LogP contribution in [0.4, 0.5) is 0 Å². The summed E-state index contributed by atoms with van der Waals surface area (Å²) in [7, 11) is 1.69. The Morgan fingerprint density at radius 2 is 2.31 bits per heavy atom. The molecule has 4 nitrogen and oxygen atoms in total. The fourth-order valence-electron chi connectivity index (χ4n) is 1.53. The summed E-state index contributed by atoms with van der Waals surface area (Å²) < 4.78 is 2.84. The summed E-state index contributed by atoms with van der Waals surface area (Å²) in [4.78, 5) is 13.5. The van der Waals surface area contributed by atoms with Crippen molar-refractivity contribution in [2.75, 3.05) is 20.2 Å². The van der Waals surface area contributed by atoms with Crippen LogP contribution in [0.2, 0.25) is 0 Å². The van der Waals surface area contributed by atoms with Crippen LogP contribution in [0.25, 0.3) is 0 Å². The van der Waals surface area contributed by atoms with E-state index in [2.05, 4.69) is 22.9 Å². The van der Waals surface area contributed by atoms with Crippen LogP contribution in [0.1, 0.15) is 23.8 Å². The van der Waals surface area contributed by atoms with Crippen molar-refractivity contribution in [3.8, 4) is 0 Å². The van der Waals surface area contributed by atoms with Gasteiger partial charge in [-0.25, -0.2) is 0 Å². The van der Waals surface area contributed by atoms with Gasteiger partial charge >= 0.3 is 0 Å². The minimum Gasteiger partial charge on any atom is -0.395 e. The van der Waals surface area contributed by atoms with Crippen molar-refractivity contribution in [2.24, 2.45) is 0 Å². The number of hydrogen-bond acceptors (Lipinski definition) is 2. The van der Waals surface area contributed by atoms with Crippen LogP contribution >= 0.6 is 15.9 Å². The maximum absolute atomic E-state index is 12.0. The molecule has 0 atom stereocenters. The first-order valence-electron chi connectivity index (χ1n) is 5.32. The van der Waals surface area contributed by atoms with E-state index in [1.54, 1.807) is 7.05 Å². The Kier molecular flexibility index (Phi) is 5.02. The number of aryl methyl sites for hydroxylation is 1. The molecule has 0 aliphatic heterocycles. The zero-order valence-corrected chi connectivity index (χ0v) is 11.2. The van der Waals surface area contributed by atoms with E-state index in [4.69, 9.17) is 5.11 Å². The lowest BCUT2D eigenvalue weighted by Gasteiger charge is -2.16. The van der Waals surface area contributed by atoms with Gasteiger partial charge in [0.25, 0.3) is 5.91 Å². The molecule has 0 unspecified atom stereocenters. The molecule has 1 rings (SSSR count). The smallest absolute Gasteiger partial charge is 0.270 e. The minimum absolute atomic E-state index is 0.0160. The number of rotatable bonds is 5. The van der Waals surface area contributed by atoms with Crippen molar-refractivity contribution in [3.63, 3.8) is 0 Å². The van der Waals surface area contributed by atoms with E-state index in [1.807, 2.05) is 16.8 Å². The van der Waals surface area contributed by atoms with E-state index in [9.17, 15) is 4.79 Å². The van der Waals surface area contributed by atoms with Gasteiger partial charge in [-0.15, -0.1) is 0 Å². The maximum atomic E-state index is 12.0. The highest BCUT2D eigenvalue weighted by Crippen LogP contribution is 2.16. The van der Waals surface area contributed by atoms with E-state index in [1.165, 1.54) is 4.90 Å². The van der Waals surface area contributed by atoms with Crippen LogP contribution in [0, 0.1) is 0 Å². The van der Waals surface area contributed by atoms with Crippen molar-refractivity contribution in [1.29, 1.82) is 0 Å². The molecule has 0 fully saturated rings. The molecule has 1 amide bonds. The Labute approximate surface area is 104 Å². The van der Waals surface area contributed by atoms with Gasteiger partial charge in [0.15, 0.2) is 0 Å². The molecule has 0 saturated heterocycles. The second kappa shape index (κ2) is 6.06. The van der Waals surface area contributed by atoms with E-state index >= 15 is 0 Å². The number of aromatic nitrogens is 1. The van der Waals surface area contributed by atoms with Gasteiger partial charge in [-0.2, -0.15) is 0 Å². The van der Waals surface area contributed by atoms with E-state index in [0.29, 0.717) is 12.2 Å². The maximum Gasteiger partial charge on any atom is 0.270 e. The summed E-state index contributed by atoms with van der Waals surface area (Å²) in [6.07, 6.45) is 2.88. The summed E-state index contributed by atoms with van der Waals surface area (Å²) in [5.74, 6) is -0.0619. The number of hydrogen-bond donors (Lipinski definition) is 1. The highest BCUT2D eigenvalue weighted by Gasteiger charge is 2.16. The highest BCUT2D eigenvalue weighted by molar-refractivity contribution is 9.10. The topological polar surface area (TPSA) is 45.5 Å². The van der Waals surface area contributed by atoms with Gasteiger partial charge in [0.2, 0.25) is 0 Å². The third-order valence-electron chi connectivity index (χ3n) is 2.33. The Balaban J connectivity index is 2.89. The number of halogens is 1. The normalized spacial score (nSPS) is 10.5. The lowest BCUT2D eigenvalue weighted by molar-refractivity contribution is 0.0756. The Bertz CT molecular complexity index is 363. The fraction of sp³-hybridized carbons (Fsp3) is 0.545. The van der Waals surface area contributed by atoms with Gasteiger partial charge in [0.1, 0.15) is 5.69 Å². The van der Waals surface area contributed by atoms with Gasteiger partial charge < -0.3 is 14.6 Å². The van der Waals surface area contributed by atoms with Crippen LogP contribution < -0.4 is 0 Å². The SMILES string of the molecule is CCCn1cc(Br)cc1C(=O)N(C)CCO. The second-order valence-corrected chi connectivity index (χ2v) is 4.60. The summed E-state index contributed by atoms with van der Waals surface area (Å²) >= 11 is 3.37. The molecule has 0 bridgehead atoms. The number of aliphatic hydroxyl groups excluding tert-OH is 1. The lowest BCUT2D eigenvalue weighted by atomic mass is 10.3. The Morgan fingerprint density at radius 1 is 1.62 bits per heavy atom. The van der Waals surface area contributed by atoms with Crippen LogP contribution in [-0.2, 0) is 6.54 Å². The average molecular weight is 289 g/mol. The molecule has 5 heteroatoms. The number of nitrogens with zero attached hydrogens (tertiary/aromatic N) is 2. The number of carbonyl (C=O) groups is 1. The van der Waals surface area contributed by atoms with Crippen LogP contribution in [-0.4, -0.2) is 40.7 Å². The number of aliphatic hydroxyl groups is 1. The molecule has 1 aromatic heterocycles. The van der Waals surface area contributed by atoms with Gasteiger partial charge in [-0.1, -0.05) is 6.92 Å². The molecule has 0 saturated carbocycles. The Morgan fingerprint density at radius 3 is 2.88 bits per heavy atom. The molecule has 0 spiro atoms. The predicted octanol–water partition coefficient (Wildman–Crippen LogP) is 1.72. The van der Waals surface area contributed by atoms with E-state index in [-0.39, 0.29) is 12.5 Å². The molecular weight excluding hydrogens is 272 g/mol. The largest absolute Gasteiger partial charge is 0.395 e. The molecule has 0 aliphatic rings. The lowest BCUT2D eigenvalue weighted by Crippen LogP contribution is -2.31. The summed E-state index contributed by atoms with van der Waals surface area (Å²) in [5.41, 5.74) is 0.657. The van der Waals surface area contributed by atoms with Crippen molar-refractivity contribution in [1.82, 2.24) is 9.47 Å². The van der Waals surface area contributed by atoms with Gasteiger partial charge in [0.05, 0.1) is 6.61 Å². The standard InChI is InChI=1S/C11H17BrN2O2/c1-3-4-14-8-9(12)7-10(14)11(16)13(2)5-6-15/h7-8,15H,3-6H2,1-2H3. The first-order valence-corrected chi connectivity index (χ1v) is 6.11. The molecule has 90 valence electrons. The van der Waals surface area contributed by atoms with Crippen molar-refractivity contribution in [2.45, 2.75) is 19.9 Å². The summed E-state index contributed by atoms with van der Waals surface area (Å²) in [6.45, 7) is 3.23. The van der Waals surface area contributed by atoms with Crippen molar-refractivity contribution in [3.05, 3.63) is 22.4 Å². The summed E-state index contributed by atoms with van der Waals surface area (Å²) in [5, 5.41) is 8.80. The predicted molar refractivity (Wildman–Crippen MR) is 66.5 cm³/mol. The first-order chi connectivity index (χ1) is 7.60. The second-order valence-electron chi connectivity index (χ2n) is 3.69. The van der Waals surface area contributed by atoms with E-state index < -0.39 is 0 Å². The van der Waals surface area contributed by atoms with Gasteiger partial charge in [-0.3, -0.25) is 4.79 Å². The summed E-state index contributed by atoms with van der Waals surface area (Å²) in [6, 6.07) is 1.81. The van der Waals surface area contributed by atoms with Gasteiger partial charge in [-0.05, 0) is 28.4 Å². The van der Waals surface area contributed by atoms with Crippen LogP contribution in [0.15, 0.2) is 16.7 Å². The minimum atomic E-state index is -0.0619. The zero-order chi connectivity index (χ0) is 12.1. The molecule has 1 N–H and O–H groups in total. The monoisotopic (exact) mass is 288 g/mol. The average Bonchev–Trinajstić information content (AvgIpc) is 2.59. The molecule has 0 aliphatic carbocycles. The highest BCUT2D eigenvalue weighted by atomic mass is 79.9. The number of carbonyl (C=O) groups excluding carboxylic acids is 1. The van der Waals surface area contributed by atoms with Crippen LogP contribution in [0.3, 0.4) is 0 Å². The Hall–Kier alpha value is -0.810. The molecular formula is C11H17BrN2O2. The third kappa shape index (κ3) is 3.09. The van der Waals surface area contributed by atoms with Gasteiger partial charge in [0, 0.05) is 30.8 Å². The molecule has 1 aromatic rings. The zero-order valence-electron chi connectivity index (χ0n) is 9.61. The molecule has 1 heterocycles. The number of likely N-dealkylation sites (N-methyl/N-ethyl adjacent to an activating group) is 1. The van der Waals surface area contributed by atoms with Crippen LogP contribution in [0.5, 0.6) is 0 Å². The van der Waals surface area contributed by atoms with Crippen molar-refractivity contribution < 1.29 is 9.90 Å². The quantitative estimate of drug-likeness (QED) is 0.897. The fourth-order valence-corrected chi connectivity index (χ4v) is 1.99. The molecule has 16 heavy (non-hydrogen) atoms. The molecule has 0 radical (unpaired) electrons. The number of amides is 1. The third-order valence-corrected chi connectivity index (χ3v) is 2.76. The first kappa shape index (κ1) is 13.3. The molecule has 0 aromatic carbocycles.